The third kappa shape index (κ3) is 5.99. The summed E-state index contributed by atoms with van der Waals surface area (Å²) in [7, 11) is 0. The third-order valence-electron chi connectivity index (χ3n) is 9.38. The van der Waals surface area contributed by atoms with Gasteiger partial charge < -0.3 is 26.2 Å². The monoisotopic (exact) mass is 545 g/mol. The smallest absolute Gasteiger partial charge is 0.271 e. The zero-order valence-corrected chi connectivity index (χ0v) is 23.9. The van der Waals surface area contributed by atoms with Crippen molar-refractivity contribution in [1.29, 1.82) is 0 Å². The number of hydrogen-bond donors (Lipinski definition) is 3. The Hall–Kier alpha value is -3.46. The van der Waals surface area contributed by atoms with Crippen molar-refractivity contribution in [2.24, 2.45) is 5.73 Å². The highest BCUT2D eigenvalue weighted by Gasteiger charge is 2.35. The summed E-state index contributed by atoms with van der Waals surface area (Å²) >= 11 is 0. The zero-order valence-electron chi connectivity index (χ0n) is 23.9. The van der Waals surface area contributed by atoms with Gasteiger partial charge in [0, 0.05) is 30.4 Å². The molecule has 1 aromatic carbocycles. The maximum absolute atomic E-state index is 12.2. The van der Waals surface area contributed by atoms with Crippen molar-refractivity contribution in [3.63, 3.8) is 0 Å². The number of piperidine rings is 2. The minimum atomic E-state index is -0.637. The summed E-state index contributed by atoms with van der Waals surface area (Å²) in [4.78, 5) is 38.1. The quantitative estimate of drug-likeness (QED) is 0.424. The number of nitrogens with one attached hydrogen (secondary N) is 2. The molecule has 5 rings (SSSR count). The van der Waals surface area contributed by atoms with E-state index in [9.17, 15) is 9.59 Å². The van der Waals surface area contributed by atoms with E-state index in [2.05, 4.69) is 58.0 Å². The molecule has 0 spiro atoms. The molecule has 4 N–H and O–H groups in total. The van der Waals surface area contributed by atoms with Crippen molar-refractivity contribution in [3.8, 4) is 0 Å². The molecule has 3 aliphatic rings. The molecule has 0 bridgehead atoms. The maximum atomic E-state index is 12.2. The molecule has 2 aliphatic heterocycles. The first-order chi connectivity index (χ1) is 19.3. The second-order valence-corrected chi connectivity index (χ2v) is 11.9. The second-order valence-electron chi connectivity index (χ2n) is 11.9. The minimum absolute atomic E-state index is 0.000610. The number of hydrogen-bond acceptors (Lipinski definition) is 7. The van der Waals surface area contributed by atoms with Crippen molar-refractivity contribution < 1.29 is 9.59 Å². The molecule has 0 unspecified atom stereocenters. The van der Waals surface area contributed by atoms with Crippen LogP contribution in [0, 0.1) is 0 Å². The molecule has 9 heteroatoms. The predicted molar refractivity (Wildman–Crippen MR) is 159 cm³/mol. The number of nitrogens with zero attached hydrogens (tertiary/aromatic N) is 4. The lowest BCUT2D eigenvalue weighted by molar-refractivity contribution is -0.117. The molecule has 9 nitrogen and oxygen atoms in total. The van der Waals surface area contributed by atoms with Crippen molar-refractivity contribution in [2.75, 3.05) is 29.9 Å². The van der Waals surface area contributed by atoms with E-state index in [4.69, 9.17) is 10.7 Å². The van der Waals surface area contributed by atoms with Gasteiger partial charge in [-0.25, -0.2) is 9.97 Å². The normalized spacial score (nSPS) is 23.5. The molecule has 2 amide bonds. The molecule has 1 saturated carbocycles. The van der Waals surface area contributed by atoms with Gasteiger partial charge in [0.05, 0.1) is 6.20 Å². The van der Waals surface area contributed by atoms with Gasteiger partial charge in [0.15, 0.2) is 11.5 Å². The van der Waals surface area contributed by atoms with Gasteiger partial charge in [0.25, 0.3) is 5.91 Å². The fourth-order valence-electron chi connectivity index (χ4n) is 6.72. The molecule has 1 aromatic heterocycles. The van der Waals surface area contributed by atoms with Crippen LogP contribution >= 0.6 is 0 Å². The van der Waals surface area contributed by atoms with Crippen LogP contribution in [0.1, 0.15) is 81.3 Å². The van der Waals surface area contributed by atoms with Gasteiger partial charge in [-0.15, -0.1) is 0 Å². The van der Waals surface area contributed by atoms with Crippen LogP contribution in [-0.2, 0) is 10.2 Å². The highest BCUT2D eigenvalue weighted by atomic mass is 16.2. The van der Waals surface area contributed by atoms with E-state index < -0.39 is 5.91 Å². The van der Waals surface area contributed by atoms with Gasteiger partial charge in [-0.05, 0) is 87.7 Å². The summed E-state index contributed by atoms with van der Waals surface area (Å²) in [5.74, 6) is 0.143. The number of aromatic nitrogens is 2. The number of primary amides is 1. The van der Waals surface area contributed by atoms with Gasteiger partial charge in [0.1, 0.15) is 5.82 Å². The first kappa shape index (κ1) is 28.1. The van der Waals surface area contributed by atoms with Gasteiger partial charge in [-0.3, -0.25) is 9.59 Å². The Balaban J connectivity index is 1.30. The molecule has 3 fully saturated rings. The number of rotatable bonds is 8. The Kier molecular flexibility index (Phi) is 8.40. The zero-order chi connectivity index (χ0) is 28.3. The summed E-state index contributed by atoms with van der Waals surface area (Å²) in [6.07, 6.45) is 12.4. The fraction of sp³-hybridized carbons (Fsp3) is 0.548. The standard InChI is InChI=1S/C31H43N7O2/c1-4-27(39)35-25-10-7-17-38(21(25)2)26-20-33-28(29(32)40)30(36-26)34-23-13-11-22(12-14-23)31(3)15-18-37(19-16-31)24-8-5-6-9-24/h4,11-14,20-21,24-25H,1,5-10,15-19H2,2-3H3,(H2,32,40)(H,34,36)(H,35,39)/t21-,25-/m1/s1. The maximum Gasteiger partial charge on any atom is 0.271 e. The largest absolute Gasteiger partial charge is 0.364 e. The molecule has 2 atom stereocenters. The van der Waals surface area contributed by atoms with Crippen LogP contribution in [0.15, 0.2) is 43.1 Å². The van der Waals surface area contributed by atoms with E-state index in [0.29, 0.717) is 11.6 Å². The fourth-order valence-corrected chi connectivity index (χ4v) is 6.72. The molecule has 1 aliphatic carbocycles. The summed E-state index contributed by atoms with van der Waals surface area (Å²) in [6.45, 7) is 11.1. The van der Waals surface area contributed by atoms with E-state index in [1.54, 1.807) is 6.20 Å². The number of nitrogens with two attached hydrogens (primary N) is 1. The van der Waals surface area contributed by atoms with Gasteiger partial charge in [-0.2, -0.15) is 0 Å². The van der Waals surface area contributed by atoms with E-state index in [1.807, 2.05) is 12.1 Å². The van der Waals surface area contributed by atoms with E-state index in [1.165, 1.54) is 50.4 Å². The number of carbonyl (C=O) groups excluding carboxylic acids is 2. The van der Waals surface area contributed by atoms with E-state index >= 15 is 0 Å². The van der Waals surface area contributed by atoms with Crippen molar-refractivity contribution in [3.05, 3.63) is 54.4 Å². The van der Waals surface area contributed by atoms with Crippen LogP contribution in [0.2, 0.25) is 0 Å². The number of benzene rings is 1. The summed E-state index contributed by atoms with van der Waals surface area (Å²) in [6, 6.07) is 9.23. The van der Waals surface area contributed by atoms with Crippen LogP contribution in [0.25, 0.3) is 0 Å². The molecule has 2 aromatic rings. The molecule has 3 heterocycles. The van der Waals surface area contributed by atoms with E-state index in [-0.39, 0.29) is 29.1 Å². The molecule has 0 radical (unpaired) electrons. The predicted octanol–water partition coefficient (Wildman–Crippen LogP) is 4.27. The third-order valence-corrected chi connectivity index (χ3v) is 9.38. The Morgan fingerprint density at radius 2 is 1.77 bits per heavy atom. The molecule has 2 saturated heterocycles. The average molecular weight is 546 g/mol. The van der Waals surface area contributed by atoms with E-state index in [0.717, 1.165) is 44.0 Å². The Labute approximate surface area is 237 Å². The Morgan fingerprint density at radius 1 is 1.07 bits per heavy atom. The summed E-state index contributed by atoms with van der Waals surface area (Å²) in [5, 5.41) is 6.31. The Bertz CT molecular complexity index is 1220. The molecular formula is C31H43N7O2. The van der Waals surface area contributed by atoms with Gasteiger partial charge in [-0.1, -0.05) is 38.5 Å². The van der Waals surface area contributed by atoms with Crippen molar-refractivity contribution in [2.45, 2.75) is 88.8 Å². The SMILES string of the molecule is C=CC(=O)N[C@@H]1CCCN(c2cnc(C(N)=O)c(Nc3ccc(C4(C)CCN(C5CCCC5)CC4)cc3)n2)[C@@H]1C. The summed E-state index contributed by atoms with van der Waals surface area (Å²) < 4.78 is 0. The molecule has 214 valence electrons. The Morgan fingerprint density at radius 3 is 2.42 bits per heavy atom. The van der Waals surface area contributed by atoms with Crippen molar-refractivity contribution >= 4 is 29.1 Å². The lowest BCUT2D eigenvalue weighted by Crippen LogP contribution is -2.54. The lowest BCUT2D eigenvalue weighted by Gasteiger charge is -2.42. The molecule has 40 heavy (non-hydrogen) atoms. The van der Waals surface area contributed by atoms with Crippen LogP contribution < -0.4 is 21.3 Å². The average Bonchev–Trinajstić information content (AvgIpc) is 3.50. The number of carbonyl (C=O) groups is 2. The first-order valence-corrected chi connectivity index (χ1v) is 14.8. The number of anilines is 3. The highest BCUT2D eigenvalue weighted by Crippen LogP contribution is 2.38. The molecular weight excluding hydrogens is 502 g/mol. The van der Waals surface area contributed by atoms with Crippen LogP contribution in [0.4, 0.5) is 17.3 Å². The first-order valence-electron chi connectivity index (χ1n) is 14.8. The second kappa shape index (κ2) is 12.0. The van der Waals surface area contributed by atoms with Gasteiger partial charge in [0.2, 0.25) is 5.91 Å². The highest BCUT2D eigenvalue weighted by molar-refractivity contribution is 5.96. The minimum Gasteiger partial charge on any atom is -0.364 e. The van der Waals surface area contributed by atoms with Crippen LogP contribution in [-0.4, -0.2) is 64.4 Å². The number of amides is 2. The number of likely N-dealkylation sites (tertiary alicyclic amines) is 1. The van der Waals surface area contributed by atoms with Gasteiger partial charge >= 0.3 is 0 Å². The topological polar surface area (TPSA) is 116 Å². The lowest BCUT2D eigenvalue weighted by atomic mass is 9.74. The van der Waals surface area contributed by atoms with Crippen molar-refractivity contribution in [1.82, 2.24) is 20.2 Å². The van der Waals surface area contributed by atoms with Crippen LogP contribution in [0.5, 0.6) is 0 Å². The summed E-state index contributed by atoms with van der Waals surface area (Å²) in [5.41, 5.74) is 8.08. The van der Waals surface area contributed by atoms with Crippen LogP contribution in [0.3, 0.4) is 0 Å².